The Bertz CT molecular complexity index is 715. The van der Waals surface area contributed by atoms with Gasteiger partial charge < -0.3 is 29.7 Å². The first-order chi connectivity index (χ1) is 11.7. The van der Waals surface area contributed by atoms with E-state index in [0.717, 1.165) is 11.0 Å². The van der Waals surface area contributed by atoms with Crippen molar-refractivity contribution in [2.24, 2.45) is 0 Å². The lowest BCUT2D eigenvalue weighted by molar-refractivity contribution is -0.0504. The van der Waals surface area contributed by atoms with Crippen LogP contribution < -0.4 is 4.90 Å². The topological polar surface area (TPSA) is 100 Å². The molecule has 8 nitrogen and oxygen atoms in total. The number of morpholine rings is 1. The minimum atomic E-state index is -1.14. The van der Waals surface area contributed by atoms with Gasteiger partial charge in [0.1, 0.15) is 18.3 Å². The first-order valence-electron chi connectivity index (χ1n) is 8.13. The van der Waals surface area contributed by atoms with Gasteiger partial charge in [0.05, 0.1) is 30.9 Å². The molecule has 0 saturated carbocycles. The quantitative estimate of drug-likeness (QED) is 0.694. The lowest BCUT2D eigenvalue weighted by Crippen LogP contribution is -2.39. The van der Waals surface area contributed by atoms with Gasteiger partial charge in [0.15, 0.2) is 6.23 Å². The van der Waals surface area contributed by atoms with E-state index < -0.39 is 24.5 Å². The first-order valence-corrected chi connectivity index (χ1v) is 8.13. The minimum absolute atomic E-state index is 0.353. The molecule has 8 heteroatoms. The van der Waals surface area contributed by atoms with E-state index in [0.29, 0.717) is 32.3 Å². The number of aliphatic hydroxyl groups excluding tert-OH is 3. The molecule has 0 aliphatic carbocycles. The maximum atomic E-state index is 10.4. The van der Waals surface area contributed by atoms with Gasteiger partial charge in [-0.2, -0.15) is 0 Å². The summed E-state index contributed by atoms with van der Waals surface area (Å²) in [6.45, 7) is 2.25. The highest BCUT2D eigenvalue weighted by atomic mass is 16.6. The molecule has 3 N–H and O–H groups in total. The highest BCUT2D eigenvalue weighted by Crippen LogP contribution is 2.36. The van der Waals surface area contributed by atoms with Crippen LogP contribution in [-0.4, -0.2) is 76.1 Å². The molecule has 4 rings (SSSR count). The molecule has 1 aromatic carbocycles. The van der Waals surface area contributed by atoms with Crippen LogP contribution in [0.2, 0.25) is 0 Å². The van der Waals surface area contributed by atoms with Crippen LogP contribution in [-0.2, 0) is 9.47 Å². The number of hydrogen-bond donors (Lipinski definition) is 3. The van der Waals surface area contributed by atoms with E-state index in [4.69, 9.17) is 9.47 Å². The summed E-state index contributed by atoms with van der Waals surface area (Å²) in [6.07, 6.45) is -3.90. The summed E-state index contributed by atoms with van der Waals surface area (Å²) >= 11 is 0. The highest BCUT2D eigenvalue weighted by molar-refractivity contribution is 5.79. The summed E-state index contributed by atoms with van der Waals surface area (Å²) in [5.41, 5.74) is 1.60. The summed E-state index contributed by atoms with van der Waals surface area (Å²) in [5.74, 6) is 0.675. The molecule has 4 atom stereocenters. The lowest BCUT2D eigenvalue weighted by atomic mass is 10.1. The van der Waals surface area contributed by atoms with Crippen LogP contribution in [0.4, 0.5) is 5.95 Å². The molecule has 0 bridgehead atoms. The van der Waals surface area contributed by atoms with Crippen molar-refractivity contribution in [2.75, 3.05) is 37.8 Å². The molecule has 24 heavy (non-hydrogen) atoms. The number of aliphatic hydroxyl groups is 3. The molecule has 2 fully saturated rings. The number of benzene rings is 1. The number of anilines is 1. The summed E-state index contributed by atoms with van der Waals surface area (Å²) in [7, 11) is 0. The van der Waals surface area contributed by atoms with E-state index in [1.807, 2.05) is 28.8 Å². The third-order valence-electron chi connectivity index (χ3n) is 4.64. The Labute approximate surface area is 138 Å². The molecule has 0 radical (unpaired) electrons. The molecule has 2 saturated heterocycles. The molecular weight excluding hydrogens is 314 g/mol. The summed E-state index contributed by atoms with van der Waals surface area (Å²) < 4.78 is 12.9. The Morgan fingerprint density at radius 1 is 1.12 bits per heavy atom. The van der Waals surface area contributed by atoms with Crippen LogP contribution in [0.15, 0.2) is 24.3 Å². The number of rotatable bonds is 3. The summed E-state index contributed by atoms with van der Waals surface area (Å²) in [5, 5.41) is 29.9. The number of ether oxygens (including phenoxy) is 2. The van der Waals surface area contributed by atoms with Gasteiger partial charge in [0.25, 0.3) is 0 Å². The molecular formula is C16H21N3O5. The van der Waals surface area contributed by atoms with Gasteiger partial charge in [-0.1, -0.05) is 12.1 Å². The molecule has 4 unspecified atom stereocenters. The van der Waals surface area contributed by atoms with Crippen LogP contribution in [0, 0.1) is 0 Å². The highest BCUT2D eigenvalue weighted by Gasteiger charge is 2.45. The van der Waals surface area contributed by atoms with Crippen molar-refractivity contribution in [3.05, 3.63) is 24.3 Å². The third kappa shape index (κ3) is 2.47. The van der Waals surface area contributed by atoms with E-state index in [9.17, 15) is 15.3 Å². The number of aromatic nitrogens is 2. The Hall–Kier alpha value is -1.71. The van der Waals surface area contributed by atoms with Crippen LogP contribution in [0.25, 0.3) is 11.0 Å². The fourth-order valence-corrected chi connectivity index (χ4v) is 3.36. The average molecular weight is 335 g/mol. The molecule has 3 heterocycles. The zero-order valence-corrected chi connectivity index (χ0v) is 13.2. The SMILES string of the molecule is OCC1OC(n2c(N3CCOCC3)nc3ccccc32)C(O)C1O. The van der Waals surface area contributed by atoms with E-state index in [2.05, 4.69) is 9.88 Å². The van der Waals surface area contributed by atoms with Crippen molar-refractivity contribution in [1.82, 2.24) is 9.55 Å². The first kappa shape index (κ1) is 15.8. The Morgan fingerprint density at radius 2 is 1.88 bits per heavy atom. The van der Waals surface area contributed by atoms with E-state index in [-0.39, 0.29) is 6.61 Å². The van der Waals surface area contributed by atoms with Crippen molar-refractivity contribution in [2.45, 2.75) is 24.5 Å². The van der Waals surface area contributed by atoms with Crippen LogP contribution >= 0.6 is 0 Å². The van der Waals surface area contributed by atoms with Crippen molar-refractivity contribution in [3.8, 4) is 0 Å². The molecule has 0 amide bonds. The Balaban J connectivity index is 1.80. The number of imidazole rings is 1. The van der Waals surface area contributed by atoms with Crippen LogP contribution in [0.5, 0.6) is 0 Å². The minimum Gasteiger partial charge on any atom is -0.394 e. The zero-order valence-electron chi connectivity index (χ0n) is 13.2. The van der Waals surface area contributed by atoms with Gasteiger partial charge in [-0.25, -0.2) is 4.98 Å². The van der Waals surface area contributed by atoms with E-state index in [1.54, 1.807) is 0 Å². The summed E-state index contributed by atoms with van der Waals surface area (Å²) in [4.78, 5) is 6.77. The second-order valence-corrected chi connectivity index (χ2v) is 6.10. The van der Waals surface area contributed by atoms with Gasteiger partial charge in [-0.3, -0.25) is 4.57 Å². The fraction of sp³-hybridized carbons (Fsp3) is 0.562. The maximum Gasteiger partial charge on any atom is 0.208 e. The molecule has 130 valence electrons. The van der Waals surface area contributed by atoms with Gasteiger partial charge in [0.2, 0.25) is 5.95 Å². The van der Waals surface area contributed by atoms with Gasteiger partial charge in [-0.15, -0.1) is 0 Å². The second kappa shape index (κ2) is 6.30. The zero-order chi connectivity index (χ0) is 16.7. The lowest BCUT2D eigenvalue weighted by Gasteiger charge is -2.30. The van der Waals surface area contributed by atoms with Gasteiger partial charge >= 0.3 is 0 Å². The monoisotopic (exact) mass is 335 g/mol. The van der Waals surface area contributed by atoms with E-state index in [1.165, 1.54) is 0 Å². The predicted molar refractivity (Wildman–Crippen MR) is 85.8 cm³/mol. The van der Waals surface area contributed by atoms with Crippen molar-refractivity contribution >= 4 is 17.0 Å². The van der Waals surface area contributed by atoms with Crippen molar-refractivity contribution in [3.63, 3.8) is 0 Å². The Morgan fingerprint density at radius 3 is 2.58 bits per heavy atom. The number of nitrogens with zero attached hydrogens (tertiary/aromatic N) is 3. The van der Waals surface area contributed by atoms with Crippen molar-refractivity contribution < 1.29 is 24.8 Å². The van der Waals surface area contributed by atoms with Crippen molar-refractivity contribution in [1.29, 1.82) is 0 Å². The fourth-order valence-electron chi connectivity index (χ4n) is 3.36. The predicted octanol–water partition coefficient (Wildman–Crippen LogP) is -0.516. The number of para-hydroxylation sites is 2. The molecule has 0 spiro atoms. The largest absolute Gasteiger partial charge is 0.394 e. The van der Waals surface area contributed by atoms with Gasteiger partial charge in [0, 0.05) is 13.1 Å². The molecule has 2 aliphatic rings. The Kier molecular flexibility index (Phi) is 4.15. The number of fused-ring (bicyclic) bond motifs is 1. The second-order valence-electron chi connectivity index (χ2n) is 6.10. The smallest absolute Gasteiger partial charge is 0.208 e. The molecule has 1 aromatic heterocycles. The molecule has 2 aromatic rings. The summed E-state index contributed by atoms with van der Waals surface area (Å²) in [6, 6.07) is 7.60. The van der Waals surface area contributed by atoms with Crippen LogP contribution in [0.3, 0.4) is 0 Å². The van der Waals surface area contributed by atoms with Crippen LogP contribution in [0.1, 0.15) is 6.23 Å². The normalized spacial score (nSPS) is 31.0. The molecule has 2 aliphatic heterocycles. The standard InChI is InChI=1S/C16H21N3O5/c20-9-12-13(21)14(22)15(24-12)19-11-4-2-1-3-10(11)17-16(19)18-5-7-23-8-6-18/h1-4,12-15,20-22H,5-9H2. The average Bonchev–Trinajstić information content (AvgIpc) is 3.14. The number of hydrogen-bond acceptors (Lipinski definition) is 7. The van der Waals surface area contributed by atoms with E-state index >= 15 is 0 Å². The third-order valence-corrected chi connectivity index (χ3v) is 4.64. The van der Waals surface area contributed by atoms with Gasteiger partial charge in [-0.05, 0) is 12.1 Å². The maximum absolute atomic E-state index is 10.4.